The largest absolute Gasteiger partial charge is 0.508 e. The minimum Gasteiger partial charge on any atom is -0.508 e. The molecule has 0 saturated heterocycles. The molecule has 2 aromatic carbocycles. The fourth-order valence-electron chi connectivity index (χ4n) is 3.90. The zero-order chi connectivity index (χ0) is 27.1. The van der Waals surface area contributed by atoms with Gasteiger partial charge in [-0.3, -0.25) is 4.90 Å². The van der Waals surface area contributed by atoms with E-state index in [1.165, 1.54) is 4.90 Å². The summed E-state index contributed by atoms with van der Waals surface area (Å²) in [5.41, 5.74) is 3.80. The van der Waals surface area contributed by atoms with Gasteiger partial charge in [-0.1, -0.05) is 45.0 Å². The van der Waals surface area contributed by atoms with Gasteiger partial charge in [0.1, 0.15) is 5.75 Å². The summed E-state index contributed by atoms with van der Waals surface area (Å²) in [5.74, 6) is -2.33. The van der Waals surface area contributed by atoms with Crippen molar-refractivity contribution in [2.45, 2.75) is 99.0 Å². The molecule has 0 radical (unpaired) electrons. The maximum absolute atomic E-state index is 11.2. The lowest BCUT2D eigenvalue weighted by atomic mass is 9.82. The molecule has 2 aromatic rings. The van der Waals surface area contributed by atoms with E-state index >= 15 is 0 Å². The van der Waals surface area contributed by atoms with Crippen molar-refractivity contribution < 1.29 is 12.0 Å². The number of hydrogen-bond acceptors (Lipinski definition) is 2. The first kappa shape index (κ1) is 17.8. The molecule has 2 heteroatoms. The maximum Gasteiger partial charge on any atom is 0.119 e. The van der Waals surface area contributed by atoms with Gasteiger partial charge in [0.15, 0.2) is 0 Å². The van der Waals surface area contributed by atoms with E-state index in [1.54, 1.807) is 24.3 Å². The Labute approximate surface area is 192 Å². The van der Waals surface area contributed by atoms with Gasteiger partial charge < -0.3 is 5.11 Å². The molecule has 0 saturated carbocycles. The van der Waals surface area contributed by atoms with E-state index in [2.05, 4.69) is 0 Å². The summed E-state index contributed by atoms with van der Waals surface area (Å²) in [6.07, 6.45) is -2.11. The van der Waals surface area contributed by atoms with Crippen LogP contribution in [0.3, 0.4) is 0 Å². The van der Waals surface area contributed by atoms with Crippen molar-refractivity contribution in [3.63, 3.8) is 0 Å². The number of aryl methyl sites for hydroxylation is 2. The standard InChI is InChI=1S/C28H43NO/c1-10-22(8)29(19(4)5)15-14-25(24-13-11-12-20(6)23(24)9)27-17-26(18(2)3)21(7)16-28(27)30/h11-13,16-19,22,25,30H,10,14-15H2,1-9H3/t22?,25-/m1/s1/i14D2,15D2,25D. The van der Waals surface area contributed by atoms with Crippen LogP contribution in [0.25, 0.3) is 0 Å². The van der Waals surface area contributed by atoms with Crippen molar-refractivity contribution in [3.8, 4) is 5.75 Å². The van der Waals surface area contributed by atoms with Gasteiger partial charge in [0.25, 0.3) is 0 Å². The molecule has 0 spiro atoms. The Bertz CT molecular complexity index is 1050. The molecule has 0 aliphatic rings. The van der Waals surface area contributed by atoms with Crippen LogP contribution in [0.5, 0.6) is 5.75 Å². The van der Waals surface area contributed by atoms with Gasteiger partial charge in [-0.05, 0) is 101 Å². The first-order valence-electron chi connectivity index (χ1n) is 13.7. The molecule has 0 heterocycles. The van der Waals surface area contributed by atoms with Crippen LogP contribution in [-0.2, 0) is 0 Å². The maximum atomic E-state index is 11.2. The quantitative estimate of drug-likeness (QED) is 0.460. The Hall–Kier alpha value is -1.80. The van der Waals surface area contributed by atoms with Gasteiger partial charge >= 0.3 is 0 Å². The number of phenols is 1. The predicted molar refractivity (Wildman–Crippen MR) is 131 cm³/mol. The van der Waals surface area contributed by atoms with E-state index in [1.807, 2.05) is 68.4 Å². The van der Waals surface area contributed by atoms with E-state index in [0.717, 1.165) is 16.7 Å². The van der Waals surface area contributed by atoms with Crippen LogP contribution in [-0.4, -0.2) is 28.6 Å². The van der Waals surface area contributed by atoms with E-state index in [9.17, 15) is 12.0 Å². The second-order valence-electron chi connectivity index (χ2n) is 9.00. The molecule has 2 rings (SSSR count). The monoisotopic (exact) mass is 414 g/mol. The van der Waals surface area contributed by atoms with Crippen molar-refractivity contribution in [3.05, 3.63) is 63.7 Å². The lowest BCUT2D eigenvalue weighted by molar-refractivity contribution is 0.156. The SMILES string of the molecule is [2H]C([2H])(N(C(C)C)C(C)CC)C([2H])([2H])[C@@]([2H])(c1cc(C(C)C)c(C)cc1O)c1cccc(C)c1C. The van der Waals surface area contributed by atoms with Gasteiger partial charge in [-0.25, -0.2) is 0 Å². The van der Waals surface area contributed by atoms with Gasteiger partial charge in [0.2, 0.25) is 0 Å². The highest BCUT2D eigenvalue weighted by Crippen LogP contribution is 2.39. The Balaban J connectivity index is 3.04. The average Bonchev–Trinajstić information content (AvgIpc) is 2.74. The lowest BCUT2D eigenvalue weighted by Gasteiger charge is -2.34. The molecule has 0 aliphatic heterocycles. The van der Waals surface area contributed by atoms with Crippen LogP contribution in [0.2, 0.25) is 0 Å². The van der Waals surface area contributed by atoms with E-state index in [0.29, 0.717) is 17.5 Å². The first-order valence-corrected chi connectivity index (χ1v) is 11.2. The van der Waals surface area contributed by atoms with Crippen molar-refractivity contribution >= 4 is 0 Å². The smallest absolute Gasteiger partial charge is 0.119 e. The summed E-state index contributed by atoms with van der Waals surface area (Å²) in [6.45, 7) is 14.7. The fourth-order valence-corrected chi connectivity index (χ4v) is 3.90. The van der Waals surface area contributed by atoms with Crippen molar-refractivity contribution in [1.82, 2.24) is 4.90 Å². The zero-order valence-electron chi connectivity index (χ0n) is 25.2. The fraction of sp³-hybridized carbons (Fsp3) is 0.571. The van der Waals surface area contributed by atoms with Crippen LogP contribution in [0.4, 0.5) is 0 Å². The Morgan fingerprint density at radius 1 is 0.967 bits per heavy atom. The molecule has 1 unspecified atom stereocenters. The summed E-state index contributed by atoms with van der Waals surface area (Å²) in [6, 6.07) is 8.12. The molecular formula is C28H43NO. The molecule has 1 N–H and O–H groups in total. The van der Waals surface area contributed by atoms with Crippen molar-refractivity contribution in [2.24, 2.45) is 0 Å². The molecule has 2 nitrogen and oxygen atoms in total. The highest BCUT2D eigenvalue weighted by atomic mass is 16.3. The molecule has 30 heavy (non-hydrogen) atoms. The van der Waals surface area contributed by atoms with E-state index < -0.39 is 18.8 Å². The van der Waals surface area contributed by atoms with Gasteiger partial charge in [0.05, 0.1) is 0 Å². The molecular weight excluding hydrogens is 366 g/mol. The first-order chi connectivity index (χ1) is 16.0. The predicted octanol–water partition coefficient (Wildman–Crippen LogP) is 7.47. The van der Waals surface area contributed by atoms with Gasteiger partial charge in [-0.15, -0.1) is 0 Å². The van der Waals surface area contributed by atoms with Crippen molar-refractivity contribution in [2.75, 3.05) is 6.50 Å². The number of phenolic OH excluding ortho intramolecular Hbond substituents is 1. The summed E-state index contributed by atoms with van der Waals surface area (Å²) >= 11 is 0. The summed E-state index contributed by atoms with van der Waals surface area (Å²) in [7, 11) is 0. The number of hydrogen-bond donors (Lipinski definition) is 1. The summed E-state index contributed by atoms with van der Waals surface area (Å²) in [4.78, 5) is 1.54. The summed E-state index contributed by atoms with van der Waals surface area (Å²) < 4.78 is 47.1. The van der Waals surface area contributed by atoms with E-state index in [-0.39, 0.29) is 29.3 Å². The van der Waals surface area contributed by atoms with E-state index in [4.69, 9.17) is 0 Å². The lowest BCUT2D eigenvalue weighted by Crippen LogP contribution is -2.39. The second-order valence-corrected chi connectivity index (χ2v) is 9.00. The molecule has 166 valence electrons. The average molecular weight is 415 g/mol. The Morgan fingerprint density at radius 2 is 1.63 bits per heavy atom. The third kappa shape index (κ3) is 5.46. The number of rotatable bonds is 9. The topological polar surface area (TPSA) is 23.5 Å². The summed E-state index contributed by atoms with van der Waals surface area (Å²) in [5, 5.41) is 11.2. The van der Waals surface area contributed by atoms with Crippen LogP contribution in [0.1, 0.15) is 106 Å². The van der Waals surface area contributed by atoms with Crippen LogP contribution < -0.4 is 0 Å². The van der Waals surface area contributed by atoms with Crippen molar-refractivity contribution in [1.29, 1.82) is 0 Å². The zero-order valence-corrected chi connectivity index (χ0v) is 20.2. The third-order valence-corrected chi connectivity index (χ3v) is 6.08. The Morgan fingerprint density at radius 3 is 2.20 bits per heavy atom. The molecule has 0 aromatic heterocycles. The highest BCUT2D eigenvalue weighted by Gasteiger charge is 2.24. The van der Waals surface area contributed by atoms with Gasteiger partial charge in [-0.2, -0.15) is 0 Å². The third-order valence-electron chi connectivity index (χ3n) is 6.08. The van der Waals surface area contributed by atoms with Crippen LogP contribution in [0.15, 0.2) is 30.3 Å². The number of aromatic hydroxyl groups is 1. The molecule has 0 fully saturated rings. The second kappa shape index (κ2) is 10.5. The van der Waals surface area contributed by atoms with Gasteiger partial charge in [0, 0.05) is 30.4 Å². The molecule has 2 atom stereocenters. The molecule has 0 amide bonds. The minimum absolute atomic E-state index is 0.0854. The number of nitrogens with zero attached hydrogens (tertiary/aromatic N) is 1. The molecule has 0 bridgehead atoms. The highest BCUT2D eigenvalue weighted by molar-refractivity contribution is 5.50. The molecule has 0 aliphatic carbocycles. The van der Waals surface area contributed by atoms with Crippen LogP contribution in [0, 0.1) is 20.8 Å². The minimum atomic E-state index is -2.74. The van der Waals surface area contributed by atoms with Crippen LogP contribution >= 0.6 is 0 Å². The Kier molecular flexibility index (Phi) is 6.23. The number of benzene rings is 2. The normalized spacial score (nSPS) is 18.5.